The number of likely N-dealkylation sites (N-methyl/N-ethyl adjacent to an activating group) is 1. The van der Waals surface area contributed by atoms with Crippen LogP contribution in [0.4, 0.5) is 24.5 Å². The first kappa shape index (κ1) is 21.1. The van der Waals surface area contributed by atoms with Crippen LogP contribution in [0.3, 0.4) is 0 Å². The van der Waals surface area contributed by atoms with Gasteiger partial charge in [0.2, 0.25) is 5.91 Å². The summed E-state index contributed by atoms with van der Waals surface area (Å²) < 4.78 is 37.8. The summed E-state index contributed by atoms with van der Waals surface area (Å²) in [7, 11) is 2.16. The molecule has 4 rings (SSSR count). The molecule has 1 N–H and O–H groups in total. The molecule has 2 heterocycles. The van der Waals surface area contributed by atoms with E-state index in [-0.39, 0.29) is 11.7 Å². The van der Waals surface area contributed by atoms with Gasteiger partial charge in [0.15, 0.2) is 0 Å². The zero-order chi connectivity index (χ0) is 21.3. The maximum atomic E-state index is 12.6. The average Bonchev–Trinajstić information content (AvgIpc) is 3.26. The number of carbonyl (C=O) groups is 1. The van der Waals surface area contributed by atoms with Crippen LogP contribution in [0, 0.1) is 5.92 Å². The van der Waals surface area contributed by atoms with Crippen LogP contribution in [0.25, 0.3) is 0 Å². The van der Waals surface area contributed by atoms with Gasteiger partial charge < -0.3 is 15.1 Å². The van der Waals surface area contributed by atoms with Crippen LogP contribution < -0.4 is 10.2 Å². The van der Waals surface area contributed by atoms with Crippen molar-refractivity contribution in [3.05, 3.63) is 54.1 Å². The molecule has 2 aliphatic heterocycles. The molecule has 160 valence electrons. The predicted molar refractivity (Wildman–Crippen MR) is 114 cm³/mol. The molecule has 0 spiro atoms. The lowest BCUT2D eigenvalue weighted by Crippen LogP contribution is -2.34. The van der Waals surface area contributed by atoms with E-state index in [4.69, 9.17) is 0 Å². The second-order valence-corrected chi connectivity index (χ2v) is 8.99. The van der Waals surface area contributed by atoms with Crippen molar-refractivity contribution in [2.24, 2.45) is 5.92 Å². The fraction of sp³-hybridized carbons (Fsp3) is 0.409. The van der Waals surface area contributed by atoms with Crippen molar-refractivity contribution >= 4 is 29.0 Å². The Morgan fingerprint density at radius 3 is 2.47 bits per heavy atom. The van der Waals surface area contributed by atoms with Crippen LogP contribution in [0.5, 0.6) is 0 Å². The summed E-state index contributed by atoms with van der Waals surface area (Å²) in [6.07, 6.45) is -3.13. The molecule has 4 nitrogen and oxygen atoms in total. The molecule has 0 bridgehead atoms. The van der Waals surface area contributed by atoms with Gasteiger partial charge in [-0.1, -0.05) is 0 Å². The summed E-state index contributed by atoms with van der Waals surface area (Å²) in [4.78, 5) is 17.7. The molecule has 0 aromatic heterocycles. The minimum atomic E-state index is -4.35. The van der Waals surface area contributed by atoms with Crippen molar-refractivity contribution in [2.45, 2.75) is 23.5 Å². The number of hydrogen-bond donors (Lipinski definition) is 1. The van der Waals surface area contributed by atoms with Gasteiger partial charge in [-0.3, -0.25) is 4.79 Å². The maximum absolute atomic E-state index is 12.6. The highest BCUT2D eigenvalue weighted by Gasteiger charge is 2.39. The van der Waals surface area contributed by atoms with Gasteiger partial charge in [0.25, 0.3) is 0 Å². The first-order valence-corrected chi connectivity index (χ1v) is 10.9. The first-order chi connectivity index (χ1) is 14.3. The Kier molecular flexibility index (Phi) is 5.97. The van der Waals surface area contributed by atoms with Crippen molar-refractivity contribution in [1.29, 1.82) is 0 Å². The van der Waals surface area contributed by atoms with Crippen LogP contribution in [0.15, 0.2) is 53.4 Å². The molecule has 2 unspecified atom stereocenters. The summed E-state index contributed by atoms with van der Waals surface area (Å²) in [6.45, 7) is 3.31. The first-order valence-electron chi connectivity index (χ1n) is 9.95. The van der Waals surface area contributed by atoms with Crippen LogP contribution >= 0.6 is 11.8 Å². The van der Waals surface area contributed by atoms with Crippen LogP contribution in [0.1, 0.15) is 12.0 Å². The zero-order valence-corrected chi connectivity index (χ0v) is 17.5. The molecule has 2 saturated heterocycles. The van der Waals surface area contributed by atoms with Gasteiger partial charge in [-0.15, -0.1) is 11.8 Å². The molecular formula is C22H24F3N3OS. The second-order valence-electron chi connectivity index (χ2n) is 7.94. The fourth-order valence-corrected chi connectivity index (χ4v) is 5.01. The molecule has 8 heteroatoms. The standard InChI is InChI=1S/C22H24F3N3OS/c1-27-12-15-10-11-28(20(15)13-27)18-6-4-17(5-7-18)26-21(29)14-30-19-8-2-16(3-9-19)22(23,24)25/h2-9,15,20H,10-14H2,1H3,(H,26,29). The zero-order valence-electron chi connectivity index (χ0n) is 16.7. The van der Waals surface area contributed by atoms with Crippen LogP contribution in [-0.4, -0.2) is 49.3 Å². The van der Waals surface area contributed by atoms with Crippen molar-refractivity contribution < 1.29 is 18.0 Å². The second kappa shape index (κ2) is 8.51. The van der Waals surface area contributed by atoms with Crippen molar-refractivity contribution in [1.82, 2.24) is 4.90 Å². The highest BCUT2D eigenvalue weighted by Crippen LogP contribution is 2.35. The molecule has 0 radical (unpaired) electrons. The fourth-order valence-electron chi connectivity index (χ4n) is 4.32. The van der Waals surface area contributed by atoms with E-state index in [9.17, 15) is 18.0 Å². The topological polar surface area (TPSA) is 35.6 Å². The highest BCUT2D eigenvalue weighted by atomic mass is 32.2. The molecule has 2 fully saturated rings. The molecule has 2 atom stereocenters. The monoisotopic (exact) mass is 435 g/mol. The molecule has 0 aliphatic carbocycles. The summed E-state index contributed by atoms with van der Waals surface area (Å²) in [6, 6.07) is 13.3. The molecule has 1 amide bonds. The number of anilines is 2. The number of thioether (sulfide) groups is 1. The summed E-state index contributed by atoms with van der Waals surface area (Å²) in [5, 5.41) is 2.85. The minimum absolute atomic E-state index is 0.134. The quantitative estimate of drug-likeness (QED) is 0.698. The van der Waals surface area contributed by atoms with E-state index in [1.54, 1.807) is 0 Å². The highest BCUT2D eigenvalue weighted by molar-refractivity contribution is 8.00. The van der Waals surface area contributed by atoms with E-state index >= 15 is 0 Å². The normalized spacial score (nSPS) is 21.7. The number of rotatable bonds is 5. The van der Waals surface area contributed by atoms with Crippen molar-refractivity contribution in [3.8, 4) is 0 Å². The Balaban J connectivity index is 1.29. The number of carbonyl (C=O) groups excluding carboxylic acids is 1. The van der Waals surface area contributed by atoms with Gasteiger partial charge in [-0.2, -0.15) is 13.2 Å². The number of hydrogen-bond acceptors (Lipinski definition) is 4. The SMILES string of the molecule is CN1CC2CCN(c3ccc(NC(=O)CSc4ccc(C(F)(F)F)cc4)cc3)C2C1. The van der Waals surface area contributed by atoms with Crippen molar-refractivity contribution in [3.63, 3.8) is 0 Å². The van der Waals surface area contributed by atoms with E-state index in [1.807, 2.05) is 24.3 Å². The van der Waals surface area contributed by atoms with E-state index in [0.29, 0.717) is 10.9 Å². The summed E-state index contributed by atoms with van der Waals surface area (Å²) in [5.41, 5.74) is 1.20. The lowest BCUT2D eigenvalue weighted by atomic mass is 10.0. The van der Waals surface area contributed by atoms with E-state index in [1.165, 1.54) is 36.0 Å². The number of amides is 1. The van der Waals surface area contributed by atoms with Gasteiger partial charge in [-0.05, 0) is 67.9 Å². The molecule has 0 saturated carbocycles. The lowest BCUT2D eigenvalue weighted by molar-refractivity contribution is -0.137. The Labute approximate surface area is 178 Å². The van der Waals surface area contributed by atoms with Gasteiger partial charge >= 0.3 is 6.18 Å². The van der Waals surface area contributed by atoms with Crippen LogP contribution in [-0.2, 0) is 11.0 Å². The minimum Gasteiger partial charge on any atom is -0.367 e. The molecule has 2 aromatic carbocycles. The van der Waals surface area contributed by atoms with Gasteiger partial charge in [-0.25, -0.2) is 0 Å². The van der Waals surface area contributed by atoms with E-state index < -0.39 is 11.7 Å². The van der Waals surface area contributed by atoms with Gasteiger partial charge in [0.1, 0.15) is 0 Å². The van der Waals surface area contributed by atoms with E-state index in [0.717, 1.165) is 43.4 Å². The largest absolute Gasteiger partial charge is 0.416 e. The summed E-state index contributed by atoms with van der Waals surface area (Å²) in [5.74, 6) is 0.679. The third-order valence-electron chi connectivity index (χ3n) is 5.76. The Hall–Kier alpha value is -2.19. The third-order valence-corrected chi connectivity index (χ3v) is 6.78. The number of nitrogens with one attached hydrogen (secondary N) is 1. The van der Waals surface area contributed by atoms with E-state index in [2.05, 4.69) is 22.2 Å². The third kappa shape index (κ3) is 4.75. The van der Waals surface area contributed by atoms with Crippen molar-refractivity contribution in [2.75, 3.05) is 42.7 Å². The molecule has 2 aliphatic rings. The van der Waals surface area contributed by atoms with Gasteiger partial charge in [0, 0.05) is 41.9 Å². The molecular weight excluding hydrogens is 411 g/mol. The average molecular weight is 436 g/mol. The predicted octanol–water partition coefficient (Wildman–Crippen LogP) is 4.58. The molecule has 30 heavy (non-hydrogen) atoms. The smallest absolute Gasteiger partial charge is 0.367 e. The Morgan fingerprint density at radius 1 is 1.10 bits per heavy atom. The number of fused-ring (bicyclic) bond motifs is 1. The lowest BCUT2D eigenvalue weighted by Gasteiger charge is -2.26. The number of benzene rings is 2. The summed E-state index contributed by atoms with van der Waals surface area (Å²) >= 11 is 1.21. The Bertz CT molecular complexity index is 886. The maximum Gasteiger partial charge on any atom is 0.416 e. The number of likely N-dealkylation sites (tertiary alicyclic amines) is 1. The number of halogens is 3. The van der Waals surface area contributed by atoms with Crippen LogP contribution in [0.2, 0.25) is 0 Å². The Morgan fingerprint density at radius 2 is 1.80 bits per heavy atom. The molecule has 2 aromatic rings. The number of alkyl halides is 3. The number of nitrogens with zero attached hydrogens (tertiary/aromatic N) is 2. The van der Waals surface area contributed by atoms with Gasteiger partial charge in [0.05, 0.1) is 11.3 Å².